The van der Waals surface area contributed by atoms with Crippen LogP contribution in [0.3, 0.4) is 0 Å². The Labute approximate surface area is 91.8 Å². The molecule has 0 aliphatic carbocycles. The van der Waals surface area contributed by atoms with E-state index in [1.165, 1.54) is 12.8 Å². The first-order valence-electron chi connectivity index (χ1n) is 5.62. The maximum Gasteiger partial charge on any atom is 0.0640 e. The first-order chi connectivity index (χ1) is 7.17. The molecule has 2 unspecified atom stereocenters. The van der Waals surface area contributed by atoms with E-state index in [-0.39, 0.29) is 0 Å². The summed E-state index contributed by atoms with van der Waals surface area (Å²) in [4.78, 5) is 0. The van der Waals surface area contributed by atoms with Gasteiger partial charge in [0.05, 0.1) is 5.69 Å². The van der Waals surface area contributed by atoms with Gasteiger partial charge in [-0.2, -0.15) is 5.10 Å². The second kappa shape index (κ2) is 5.88. The van der Waals surface area contributed by atoms with Gasteiger partial charge in [-0.15, -0.1) is 0 Å². The van der Waals surface area contributed by atoms with E-state index in [2.05, 4.69) is 24.4 Å². The van der Waals surface area contributed by atoms with Crippen LogP contribution in [0.5, 0.6) is 0 Å². The van der Waals surface area contributed by atoms with Crippen molar-refractivity contribution in [1.29, 1.82) is 0 Å². The third kappa shape index (κ3) is 3.64. The molecule has 86 valence electrons. The van der Waals surface area contributed by atoms with Crippen LogP contribution in [0.1, 0.15) is 32.4 Å². The van der Waals surface area contributed by atoms with Gasteiger partial charge in [-0.3, -0.25) is 16.0 Å². The van der Waals surface area contributed by atoms with Crippen molar-refractivity contribution >= 4 is 0 Å². The Morgan fingerprint density at radius 1 is 1.60 bits per heavy atom. The van der Waals surface area contributed by atoms with Gasteiger partial charge in [0.15, 0.2) is 0 Å². The van der Waals surface area contributed by atoms with Crippen LogP contribution in [-0.4, -0.2) is 15.8 Å². The van der Waals surface area contributed by atoms with Crippen molar-refractivity contribution in [2.45, 2.75) is 39.2 Å². The molecule has 0 aliphatic rings. The molecule has 1 heterocycles. The highest BCUT2D eigenvalue weighted by molar-refractivity contribution is 5.01. The molecule has 0 amide bonds. The average molecular weight is 210 g/mol. The summed E-state index contributed by atoms with van der Waals surface area (Å²) < 4.78 is 1.83. The first kappa shape index (κ1) is 12.2. The number of aromatic nitrogens is 2. The number of rotatable bonds is 6. The Morgan fingerprint density at radius 3 is 2.80 bits per heavy atom. The highest BCUT2D eigenvalue weighted by Gasteiger charge is 2.16. The second-order valence-corrected chi connectivity index (χ2v) is 4.22. The highest BCUT2D eigenvalue weighted by Crippen LogP contribution is 2.13. The summed E-state index contributed by atoms with van der Waals surface area (Å²) in [5, 5.41) is 4.36. The minimum Gasteiger partial charge on any atom is -0.276 e. The predicted molar refractivity (Wildman–Crippen MR) is 62.1 cm³/mol. The number of hydrazine groups is 1. The fraction of sp³-hybridized carbons (Fsp3) is 0.727. The lowest BCUT2D eigenvalue weighted by atomic mass is 9.94. The zero-order valence-corrected chi connectivity index (χ0v) is 9.90. The van der Waals surface area contributed by atoms with Gasteiger partial charge in [0, 0.05) is 25.7 Å². The van der Waals surface area contributed by atoms with Crippen molar-refractivity contribution in [2.24, 2.45) is 18.8 Å². The predicted octanol–water partition coefficient (Wildman–Crippen LogP) is 1.23. The van der Waals surface area contributed by atoms with Crippen molar-refractivity contribution in [2.75, 3.05) is 0 Å². The summed E-state index contributed by atoms with van der Waals surface area (Å²) in [7, 11) is 1.93. The van der Waals surface area contributed by atoms with Crippen molar-refractivity contribution < 1.29 is 0 Å². The molecule has 0 saturated carbocycles. The first-order valence-corrected chi connectivity index (χ1v) is 5.62. The Kier molecular flexibility index (Phi) is 4.78. The molecule has 1 aromatic rings. The summed E-state index contributed by atoms with van der Waals surface area (Å²) in [5.41, 5.74) is 4.00. The standard InChI is InChI=1S/C11H22N4/c1-4-5-9(2)11(13-12)8-10-6-7-15(3)14-10/h6-7,9,11,13H,4-5,8,12H2,1-3H3. The molecule has 1 rings (SSSR count). The number of hydrogen-bond donors (Lipinski definition) is 2. The SMILES string of the molecule is CCCC(C)C(Cc1ccn(C)n1)NN. The quantitative estimate of drug-likeness (QED) is 0.548. The summed E-state index contributed by atoms with van der Waals surface area (Å²) in [6, 6.07) is 2.36. The van der Waals surface area contributed by atoms with E-state index >= 15 is 0 Å². The molecule has 0 fully saturated rings. The monoisotopic (exact) mass is 210 g/mol. The molecular formula is C11H22N4. The van der Waals surface area contributed by atoms with Crippen LogP contribution in [0.2, 0.25) is 0 Å². The lowest BCUT2D eigenvalue weighted by Crippen LogP contribution is -2.41. The second-order valence-electron chi connectivity index (χ2n) is 4.22. The molecule has 3 N–H and O–H groups in total. The zero-order chi connectivity index (χ0) is 11.3. The Bertz CT molecular complexity index is 282. The summed E-state index contributed by atoms with van der Waals surface area (Å²) in [6.45, 7) is 4.43. The maximum absolute atomic E-state index is 5.57. The molecular weight excluding hydrogens is 188 g/mol. The Morgan fingerprint density at radius 2 is 2.33 bits per heavy atom. The van der Waals surface area contributed by atoms with Crippen molar-refractivity contribution in [3.8, 4) is 0 Å². The number of nitrogens with one attached hydrogen (secondary N) is 1. The van der Waals surface area contributed by atoms with E-state index in [1.807, 2.05) is 24.0 Å². The molecule has 0 saturated heterocycles. The summed E-state index contributed by atoms with van der Waals surface area (Å²) in [5.74, 6) is 6.16. The molecule has 0 radical (unpaired) electrons. The van der Waals surface area contributed by atoms with Crippen LogP contribution in [0.15, 0.2) is 12.3 Å². The van der Waals surface area contributed by atoms with Gasteiger partial charge in [-0.1, -0.05) is 20.3 Å². The van der Waals surface area contributed by atoms with Crippen molar-refractivity contribution in [3.05, 3.63) is 18.0 Å². The van der Waals surface area contributed by atoms with Crippen LogP contribution in [0.25, 0.3) is 0 Å². The van der Waals surface area contributed by atoms with E-state index in [1.54, 1.807) is 0 Å². The molecule has 1 aromatic heterocycles. The summed E-state index contributed by atoms with van der Waals surface area (Å²) in [6.07, 6.45) is 5.26. The van der Waals surface area contributed by atoms with Crippen molar-refractivity contribution in [3.63, 3.8) is 0 Å². The number of aryl methyl sites for hydroxylation is 1. The topological polar surface area (TPSA) is 55.9 Å². The molecule has 4 nitrogen and oxygen atoms in total. The Hall–Kier alpha value is -0.870. The van der Waals surface area contributed by atoms with Gasteiger partial charge >= 0.3 is 0 Å². The molecule has 0 bridgehead atoms. The molecule has 0 aliphatic heterocycles. The number of hydrogen-bond acceptors (Lipinski definition) is 3. The fourth-order valence-corrected chi connectivity index (χ4v) is 1.88. The lowest BCUT2D eigenvalue weighted by Gasteiger charge is -2.21. The van der Waals surface area contributed by atoms with Crippen LogP contribution >= 0.6 is 0 Å². The molecule has 0 spiro atoms. The fourth-order valence-electron chi connectivity index (χ4n) is 1.88. The molecule has 15 heavy (non-hydrogen) atoms. The largest absolute Gasteiger partial charge is 0.276 e. The van der Waals surface area contributed by atoms with E-state index in [9.17, 15) is 0 Å². The van der Waals surface area contributed by atoms with Crippen LogP contribution in [0, 0.1) is 5.92 Å². The molecule has 2 atom stereocenters. The maximum atomic E-state index is 5.57. The van der Waals surface area contributed by atoms with Gasteiger partial charge < -0.3 is 0 Å². The number of nitrogens with zero attached hydrogens (tertiary/aromatic N) is 2. The number of nitrogens with two attached hydrogens (primary N) is 1. The normalized spacial score (nSPS) is 15.2. The minimum absolute atomic E-state index is 0.319. The molecule has 4 heteroatoms. The zero-order valence-electron chi connectivity index (χ0n) is 9.90. The highest BCUT2D eigenvalue weighted by atomic mass is 15.3. The summed E-state index contributed by atoms with van der Waals surface area (Å²) >= 11 is 0. The van der Waals surface area contributed by atoms with Crippen molar-refractivity contribution in [1.82, 2.24) is 15.2 Å². The third-order valence-corrected chi connectivity index (χ3v) is 2.84. The van der Waals surface area contributed by atoms with Crippen LogP contribution < -0.4 is 11.3 Å². The lowest BCUT2D eigenvalue weighted by molar-refractivity contribution is 0.354. The minimum atomic E-state index is 0.319. The van der Waals surface area contributed by atoms with Gasteiger partial charge in [-0.05, 0) is 18.4 Å². The van der Waals surface area contributed by atoms with E-state index < -0.39 is 0 Å². The van der Waals surface area contributed by atoms with Gasteiger partial charge in [0.25, 0.3) is 0 Å². The van der Waals surface area contributed by atoms with E-state index in [0.717, 1.165) is 12.1 Å². The average Bonchev–Trinajstić information content (AvgIpc) is 2.61. The van der Waals surface area contributed by atoms with Crippen LogP contribution in [0.4, 0.5) is 0 Å². The van der Waals surface area contributed by atoms with Gasteiger partial charge in [0.1, 0.15) is 0 Å². The smallest absolute Gasteiger partial charge is 0.0640 e. The Balaban J connectivity index is 2.53. The van der Waals surface area contributed by atoms with Gasteiger partial charge in [-0.25, -0.2) is 0 Å². The van der Waals surface area contributed by atoms with Crippen LogP contribution in [-0.2, 0) is 13.5 Å². The molecule has 0 aromatic carbocycles. The van der Waals surface area contributed by atoms with E-state index in [0.29, 0.717) is 12.0 Å². The van der Waals surface area contributed by atoms with Gasteiger partial charge in [0.2, 0.25) is 0 Å². The third-order valence-electron chi connectivity index (χ3n) is 2.84. The van der Waals surface area contributed by atoms with E-state index in [4.69, 9.17) is 5.84 Å².